The molecule has 0 unspecified atom stereocenters. The molecule has 5 rings (SSSR count). The summed E-state index contributed by atoms with van der Waals surface area (Å²) < 4.78 is 43.2. The third-order valence-corrected chi connectivity index (χ3v) is 9.11. The molecule has 0 saturated carbocycles. The maximum atomic E-state index is 14.2. The number of fused-ring (bicyclic) bond motifs is 2. The molecule has 2 atom stereocenters. The Balaban J connectivity index is 1.62. The molecule has 1 saturated heterocycles. The highest BCUT2D eigenvalue weighted by molar-refractivity contribution is 7.89. The highest BCUT2D eigenvalue weighted by Gasteiger charge is 2.49. The number of hydrogen-bond donors (Lipinski definition) is 1. The van der Waals surface area contributed by atoms with Gasteiger partial charge in [0.2, 0.25) is 10.0 Å². The van der Waals surface area contributed by atoms with E-state index in [2.05, 4.69) is 25.2 Å². The zero-order valence-corrected chi connectivity index (χ0v) is 20.4. The van der Waals surface area contributed by atoms with E-state index >= 15 is 0 Å². The highest BCUT2D eigenvalue weighted by atomic mass is 32.2. The fourth-order valence-electron chi connectivity index (χ4n) is 5.27. The second kappa shape index (κ2) is 8.36. The first-order valence-electron chi connectivity index (χ1n) is 11.6. The van der Waals surface area contributed by atoms with Crippen LogP contribution in [0, 0.1) is 18.7 Å². The number of rotatable bonds is 3. The molecule has 0 spiro atoms. The van der Waals surface area contributed by atoms with Crippen LogP contribution in [0.2, 0.25) is 0 Å². The molecule has 0 amide bonds. The summed E-state index contributed by atoms with van der Waals surface area (Å²) in [5.74, 6) is -0.363. The Hall–Kier alpha value is -2.96. The minimum atomic E-state index is -3.70. The van der Waals surface area contributed by atoms with Gasteiger partial charge in [-0.05, 0) is 59.4 Å². The van der Waals surface area contributed by atoms with E-state index in [0.717, 1.165) is 28.0 Å². The van der Waals surface area contributed by atoms with Crippen LogP contribution < -0.4 is 5.32 Å². The molecule has 0 radical (unpaired) electrons. The monoisotopic (exact) mass is 476 g/mol. The lowest BCUT2D eigenvalue weighted by Gasteiger charge is -2.51. The molecule has 3 aromatic carbocycles. The molecule has 2 heterocycles. The van der Waals surface area contributed by atoms with Crippen molar-refractivity contribution >= 4 is 21.8 Å². The molecule has 176 valence electrons. The number of nitrogens with one attached hydrogen (secondary N) is 1. The van der Waals surface area contributed by atoms with Crippen LogP contribution in [0.4, 0.5) is 10.1 Å². The summed E-state index contributed by atoms with van der Waals surface area (Å²) in [6, 6.07) is 21.7. The van der Waals surface area contributed by atoms with Gasteiger partial charge >= 0.3 is 0 Å². The Kier molecular flexibility index (Phi) is 5.61. The van der Waals surface area contributed by atoms with Crippen LogP contribution in [0.5, 0.6) is 0 Å². The first-order chi connectivity index (χ1) is 16.2. The number of sulfonamides is 1. The van der Waals surface area contributed by atoms with Gasteiger partial charge in [0.05, 0.1) is 10.9 Å². The van der Waals surface area contributed by atoms with Gasteiger partial charge in [-0.1, -0.05) is 68.0 Å². The zero-order valence-electron chi connectivity index (χ0n) is 19.6. The Morgan fingerprint density at radius 3 is 2.44 bits per heavy atom. The molecule has 0 bridgehead atoms. The molecule has 1 fully saturated rings. The van der Waals surface area contributed by atoms with Gasteiger partial charge < -0.3 is 5.32 Å². The molecule has 2 aliphatic rings. The van der Waals surface area contributed by atoms with E-state index in [4.69, 9.17) is 0 Å². The van der Waals surface area contributed by atoms with Crippen LogP contribution in [-0.2, 0) is 15.4 Å². The molecule has 3 aromatic rings. The van der Waals surface area contributed by atoms with Gasteiger partial charge in [0.1, 0.15) is 5.82 Å². The Morgan fingerprint density at radius 2 is 1.74 bits per heavy atom. The van der Waals surface area contributed by atoms with Gasteiger partial charge in [0.25, 0.3) is 0 Å². The molecule has 0 aromatic heterocycles. The second-order valence-corrected chi connectivity index (χ2v) is 11.8. The highest BCUT2D eigenvalue weighted by Crippen LogP contribution is 2.48. The number of anilines is 1. The van der Waals surface area contributed by atoms with Crippen molar-refractivity contribution < 1.29 is 12.8 Å². The molecule has 4 nitrogen and oxygen atoms in total. The number of piperidine rings is 1. The SMILES string of the molecule is Cc1ccc(S(=O)(=O)N2C/C(=C\c3ccccc3)[C@@H]3Nc4ccc(F)cc4C(C)(C)[C@@H]3C2)cc1. The lowest BCUT2D eigenvalue weighted by molar-refractivity contribution is 0.202. The fourth-order valence-corrected chi connectivity index (χ4v) is 6.73. The first kappa shape index (κ1) is 22.8. The largest absolute Gasteiger partial charge is 0.378 e. The Labute approximate surface area is 201 Å². The fraction of sp³-hybridized carbons (Fsp3) is 0.286. The summed E-state index contributed by atoms with van der Waals surface area (Å²) in [6.07, 6.45) is 2.09. The van der Waals surface area contributed by atoms with Crippen LogP contribution in [0.25, 0.3) is 6.08 Å². The zero-order chi connectivity index (χ0) is 24.1. The van der Waals surface area contributed by atoms with Crippen molar-refractivity contribution in [2.24, 2.45) is 5.92 Å². The van der Waals surface area contributed by atoms with Gasteiger partial charge in [0.15, 0.2) is 0 Å². The summed E-state index contributed by atoms with van der Waals surface area (Å²) in [6.45, 7) is 6.77. The van der Waals surface area contributed by atoms with Gasteiger partial charge in [-0.3, -0.25) is 0 Å². The molecule has 0 aliphatic carbocycles. The van der Waals surface area contributed by atoms with Crippen LogP contribution in [-0.4, -0.2) is 31.9 Å². The second-order valence-electron chi connectivity index (χ2n) is 9.88. The predicted octanol–water partition coefficient (Wildman–Crippen LogP) is 5.61. The summed E-state index contributed by atoms with van der Waals surface area (Å²) in [4.78, 5) is 0.295. The number of halogens is 1. The van der Waals surface area contributed by atoms with Crippen LogP contribution in [0.3, 0.4) is 0 Å². The van der Waals surface area contributed by atoms with E-state index in [1.807, 2.05) is 49.4 Å². The van der Waals surface area contributed by atoms with E-state index in [9.17, 15) is 12.8 Å². The molecule has 1 N–H and O–H groups in total. The molecule has 2 aliphatic heterocycles. The smallest absolute Gasteiger partial charge is 0.243 e. The lowest BCUT2D eigenvalue weighted by Crippen LogP contribution is -2.58. The maximum Gasteiger partial charge on any atom is 0.243 e. The Morgan fingerprint density at radius 1 is 1.03 bits per heavy atom. The standard InChI is InChI=1S/C28H29FN2O2S/c1-19-9-12-23(13-10-19)34(32,33)31-17-21(15-20-7-5-4-6-8-20)27-25(18-31)28(2,3)24-16-22(29)11-14-26(24)30-27/h4-16,25,27,30H,17-18H2,1-3H3/b21-15+/t25-,27+/m1/s1. The normalized spacial score (nSPS) is 23.1. The van der Waals surface area contributed by atoms with E-state index < -0.39 is 15.4 Å². The topological polar surface area (TPSA) is 49.4 Å². The van der Waals surface area contributed by atoms with Gasteiger partial charge in [-0.2, -0.15) is 4.31 Å². The van der Waals surface area contributed by atoms with E-state index in [1.165, 1.54) is 6.07 Å². The van der Waals surface area contributed by atoms with Crippen LogP contribution >= 0.6 is 0 Å². The summed E-state index contributed by atoms with van der Waals surface area (Å²) >= 11 is 0. The summed E-state index contributed by atoms with van der Waals surface area (Å²) in [7, 11) is -3.70. The van der Waals surface area contributed by atoms with Crippen molar-refractivity contribution in [2.75, 3.05) is 18.4 Å². The average Bonchev–Trinajstić information content (AvgIpc) is 2.81. The minimum absolute atomic E-state index is 0.0577. The van der Waals surface area contributed by atoms with Gasteiger partial charge in [-0.25, -0.2) is 12.8 Å². The predicted molar refractivity (Wildman–Crippen MR) is 135 cm³/mol. The van der Waals surface area contributed by atoms with Crippen molar-refractivity contribution in [3.05, 3.63) is 101 Å². The summed E-state index contributed by atoms with van der Waals surface area (Å²) in [5, 5.41) is 3.61. The number of aryl methyl sites for hydroxylation is 1. The molecule has 34 heavy (non-hydrogen) atoms. The minimum Gasteiger partial charge on any atom is -0.378 e. The molecular weight excluding hydrogens is 447 g/mol. The van der Waals surface area contributed by atoms with Crippen molar-refractivity contribution in [3.63, 3.8) is 0 Å². The van der Waals surface area contributed by atoms with E-state index in [-0.39, 0.29) is 17.8 Å². The maximum absolute atomic E-state index is 14.2. The number of hydrogen-bond acceptors (Lipinski definition) is 3. The van der Waals surface area contributed by atoms with Crippen LogP contribution in [0.1, 0.15) is 30.5 Å². The van der Waals surface area contributed by atoms with Crippen molar-refractivity contribution in [1.29, 1.82) is 0 Å². The summed E-state index contributed by atoms with van der Waals surface area (Å²) in [5.41, 5.74) is 4.38. The molecular formula is C28H29FN2O2S. The van der Waals surface area contributed by atoms with Crippen molar-refractivity contribution in [3.8, 4) is 0 Å². The van der Waals surface area contributed by atoms with E-state index in [0.29, 0.717) is 18.0 Å². The quantitative estimate of drug-likeness (QED) is 0.535. The first-order valence-corrected chi connectivity index (χ1v) is 13.0. The third-order valence-electron chi connectivity index (χ3n) is 7.29. The lowest BCUT2D eigenvalue weighted by atomic mass is 9.64. The van der Waals surface area contributed by atoms with Crippen molar-refractivity contribution in [2.45, 2.75) is 37.1 Å². The van der Waals surface area contributed by atoms with Crippen LogP contribution in [0.15, 0.2) is 83.3 Å². The average molecular weight is 477 g/mol. The van der Waals surface area contributed by atoms with Gasteiger partial charge in [-0.15, -0.1) is 0 Å². The number of nitrogens with zero attached hydrogens (tertiary/aromatic N) is 1. The van der Waals surface area contributed by atoms with Gasteiger partial charge in [0, 0.05) is 24.7 Å². The van der Waals surface area contributed by atoms with Crippen molar-refractivity contribution in [1.82, 2.24) is 4.31 Å². The third kappa shape index (κ3) is 3.95. The number of benzene rings is 3. The Bertz CT molecular complexity index is 1350. The van der Waals surface area contributed by atoms with E-state index in [1.54, 1.807) is 28.6 Å². The molecule has 6 heteroatoms.